The Kier molecular flexibility index (Phi) is 5.29. The topological polar surface area (TPSA) is 41.6 Å². The molecule has 1 atom stereocenters. The number of halogens is 2. The number of nitrogens with zero attached hydrogens (tertiary/aromatic N) is 1. The van der Waals surface area contributed by atoms with Crippen molar-refractivity contribution in [2.75, 3.05) is 31.6 Å². The quantitative estimate of drug-likeness (QED) is 0.801. The number of hydrogen-bond donors (Lipinski definition) is 1. The van der Waals surface area contributed by atoms with Gasteiger partial charge in [0.25, 0.3) is 0 Å². The van der Waals surface area contributed by atoms with E-state index in [1.54, 1.807) is 0 Å². The Balaban J connectivity index is 1.99. The first kappa shape index (κ1) is 14.9. The van der Waals surface area contributed by atoms with E-state index in [1.807, 2.05) is 30.0 Å². The molecule has 0 radical (unpaired) electrons. The predicted molar refractivity (Wildman–Crippen MR) is 84.7 cm³/mol. The molecule has 1 fully saturated rings. The van der Waals surface area contributed by atoms with Crippen LogP contribution in [0, 0.1) is 3.57 Å². The molecule has 0 aromatic heterocycles. The van der Waals surface area contributed by atoms with Crippen LogP contribution in [0.15, 0.2) is 18.2 Å². The number of carbonyl (C=O) groups is 1. The molecule has 1 unspecified atom stereocenters. The van der Waals surface area contributed by atoms with Crippen molar-refractivity contribution in [1.29, 1.82) is 0 Å². The molecule has 19 heavy (non-hydrogen) atoms. The summed E-state index contributed by atoms with van der Waals surface area (Å²) in [5.74, 6) is 0.106. The second-order valence-electron chi connectivity index (χ2n) is 4.43. The summed E-state index contributed by atoms with van der Waals surface area (Å²) in [6.45, 7) is 4.46. The number of ether oxygens (including phenoxy) is 1. The van der Waals surface area contributed by atoms with Crippen LogP contribution in [-0.4, -0.2) is 43.2 Å². The molecule has 0 spiro atoms. The molecule has 0 aliphatic carbocycles. The molecule has 1 aliphatic heterocycles. The van der Waals surface area contributed by atoms with Crippen LogP contribution < -0.4 is 5.32 Å². The SMILES string of the molecule is CC(Nc1ccc(Cl)cc1I)C(=O)N1CCOCC1. The average Bonchev–Trinajstić information content (AvgIpc) is 2.42. The van der Waals surface area contributed by atoms with Crippen molar-refractivity contribution in [2.24, 2.45) is 0 Å². The average molecular weight is 395 g/mol. The van der Waals surface area contributed by atoms with Crippen LogP contribution in [0.25, 0.3) is 0 Å². The molecule has 1 heterocycles. The molecule has 2 rings (SSSR count). The maximum Gasteiger partial charge on any atom is 0.244 e. The number of rotatable bonds is 3. The van der Waals surface area contributed by atoms with Gasteiger partial charge < -0.3 is 15.0 Å². The van der Waals surface area contributed by atoms with E-state index in [9.17, 15) is 4.79 Å². The van der Waals surface area contributed by atoms with Gasteiger partial charge in [-0.2, -0.15) is 0 Å². The summed E-state index contributed by atoms with van der Waals surface area (Å²) in [7, 11) is 0. The summed E-state index contributed by atoms with van der Waals surface area (Å²) in [5.41, 5.74) is 0.930. The molecular weight excluding hydrogens is 379 g/mol. The van der Waals surface area contributed by atoms with Crippen LogP contribution in [-0.2, 0) is 9.53 Å². The molecule has 1 aromatic carbocycles. The number of benzene rings is 1. The zero-order valence-corrected chi connectivity index (χ0v) is 13.6. The van der Waals surface area contributed by atoms with Crippen molar-refractivity contribution in [3.8, 4) is 0 Å². The van der Waals surface area contributed by atoms with Crippen molar-refractivity contribution in [1.82, 2.24) is 4.90 Å². The van der Waals surface area contributed by atoms with Gasteiger partial charge in [0, 0.05) is 27.4 Å². The summed E-state index contributed by atoms with van der Waals surface area (Å²) in [6.07, 6.45) is 0. The van der Waals surface area contributed by atoms with Gasteiger partial charge in [0.15, 0.2) is 0 Å². The minimum Gasteiger partial charge on any atom is -0.378 e. The number of hydrogen-bond acceptors (Lipinski definition) is 3. The van der Waals surface area contributed by atoms with E-state index in [4.69, 9.17) is 16.3 Å². The molecule has 0 saturated carbocycles. The van der Waals surface area contributed by atoms with Crippen LogP contribution in [0.1, 0.15) is 6.92 Å². The Morgan fingerprint density at radius 3 is 2.79 bits per heavy atom. The van der Waals surface area contributed by atoms with Gasteiger partial charge in [0.05, 0.1) is 13.2 Å². The number of morpholine rings is 1. The molecule has 6 heteroatoms. The monoisotopic (exact) mass is 394 g/mol. The predicted octanol–water partition coefficient (Wildman–Crippen LogP) is 2.60. The summed E-state index contributed by atoms with van der Waals surface area (Å²) in [5, 5.41) is 3.93. The first-order valence-corrected chi connectivity index (χ1v) is 7.61. The summed E-state index contributed by atoms with van der Waals surface area (Å²) in [4.78, 5) is 14.1. The molecule has 1 amide bonds. The van der Waals surface area contributed by atoms with Gasteiger partial charge >= 0.3 is 0 Å². The standard InChI is InChI=1S/C13H16ClIN2O2/c1-9(13(18)17-4-6-19-7-5-17)16-12-3-2-10(14)8-11(12)15/h2-3,8-9,16H,4-7H2,1H3. The van der Waals surface area contributed by atoms with Gasteiger partial charge in [0.2, 0.25) is 5.91 Å². The van der Waals surface area contributed by atoms with E-state index >= 15 is 0 Å². The van der Waals surface area contributed by atoms with E-state index in [-0.39, 0.29) is 11.9 Å². The third-order valence-electron chi connectivity index (χ3n) is 3.00. The summed E-state index contributed by atoms with van der Waals surface area (Å²) < 4.78 is 6.26. The van der Waals surface area contributed by atoms with Gasteiger partial charge in [-0.3, -0.25) is 4.79 Å². The number of nitrogens with one attached hydrogen (secondary N) is 1. The highest BCUT2D eigenvalue weighted by atomic mass is 127. The largest absolute Gasteiger partial charge is 0.378 e. The highest BCUT2D eigenvalue weighted by molar-refractivity contribution is 14.1. The fourth-order valence-electron chi connectivity index (χ4n) is 1.96. The first-order chi connectivity index (χ1) is 9.08. The molecule has 104 valence electrons. The highest BCUT2D eigenvalue weighted by Crippen LogP contribution is 2.23. The van der Waals surface area contributed by atoms with Crippen molar-refractivity contribution in [3.05, 3.63) is 26.8 Å². The van der Waals surface area contributed by atoms with Crippen molar-refractivity contribution < 1.29 is 9.53 Å². The highest BCUT2D eigenvalue weighted by Gasteiger charge is 2.22. The van der Waals surface area contributed by atoms with Gasteiger partial charge in [-0.05, 0) is 47.7 Å². The maximum atomic E-state index is 12.3. The lowest BCUT2D eigenvalue weighted by Gasteiger charge is -2.30. The van der Waals surface area contributed by atoms with Gasteiger partial charge in [-0.1, -0.05) is 11.6 Å². The molecule has 1 aromatic rings. The van der Waals surface area contributed by atoms with Crippen LogP contribution in [0.5, 0.6) is 0 Å². The minimum absolute atomic E-state index is 0.106. The van der Waals surface area contributed by atoms with Crippen molar-refractivity contribution in [3.63, 3.8) is 0 Å². The van der Waals surface area contributed by atoms with E-state index in [0.717, 1.165) is 9.26 Å². The Hall–Kier alpha value is -0.530. The lowest BCUT2D eigenvalue weighted by Crippen LogP contribution is -2.47. The van der Waals surface area contributed by atoms with Crippen LogP contribution in [0.2, 0.25) is 5.02 Å². The number of amides is 1. The molecule has 1 N–H and O–H groups in total. The van der Waals surface area contributed by atoms with E-state index in [0.29, 0.717) is 31.3 Å². The van der Waals surface area contributed by atoms with Gasteiger partial charge in [0.1, 0.15) is 6.04 Å². The van der Waals surface area contributed by atoms with Crippen molar-refractivity contribution >= 4 is 45.8 Å². The lowest BCUT2D eigenvalue weighted by molar-refractivity contribution is -0.135. The Morgan fingerprint density at radius 1 is 1.47 bits per heavy atom. The maximum absolute atomic E-state index is 12.3. The minimum atomic E-state index is -0.257. The molecule has 1 saturated heterocycles. The second kappa shape index (κ2) is 6.76. The molecule has 1 aliphatic rings. The van der Waals surface area contributed by atoms with Crippen LogP contribution >= 0.6 is 34.2 Å². The first-order valence-electron chi connectivity index (χ1n) is 6.16. The summed E-state index contributed by atoms with van der Waals surface area (Å²) in [6, 6.07) is 5.33. The van der Waals surface area contributed by atoms with Gasteiger partial charge in [-0.15, -0.1) is 0 Å². The zero-order valence-electron chi connectivity index (χ0n) is 10.7. The fourth-order valence-corrected chi connectivity index (χ4v) is 2.99. The third-order valence-corrected chi connectivity index (χ3v) is 4.12. The van der Waals surface area contributed by atoms with E-state index < -0.39 is 0 Å². The number of anilines is 1. The Bertz CT molecular complexity index is 464. The number of carbonyl (C=O) groups excluding carboxylic acids is 1. The zero-order chi connectivity index (χ0) is 13.8. The third kappa shape index (κ3) is 3.97. The van der Waals surface area contributed by atoms with Gasteiger partial charge in [-0.25, -0.2) is 0 Å². The normalized spacial score (nSPS) is 17.1. The smallest absolute Gasteiger partial charge is 0.244 e. The molecule has 0 bridgehead atoms. The van der Waals surface area contributed by atoms with Crippen LogP contribution in [0.3, 0.4) is 0 Å². The van der Waals surface area contributed by atoms with Crippen LogP contribution in [0.4, 0.5) is 5.69 Å². The van der Waals surface area contributed by atoms with E-state index in [1.165, 1.54) is 0 Å². The lowest BCUT2D eigenvalue weighted by atomic mass is 10.2. The molecule has 4 nitrogen and oxygen atoms in total. The Labute approximate surface area is 131 Å². The van der Waals surface area contributed by atoms with E-state index in [2.05, 4.69) is 27.9 Å². The Morgan fingerprint density at radius 2 is 2.16 bits per heavy atom. The van der Waals surface area contributed by atoms with Crippen molar-refractivity contribution in [2.45, 2.75) is 13.0 Å². The second-order valence-corrected chi connectivity index (χ2v) is 6.03. The summed E-state index contributed by atoms with van der Waals surface area (Å²) >= 11 is 8.12. The fraction of sp³-hybridized carbons (Fsp3) is 0.462. The molecular formula is C13H16ClIN2O2.